The lowest BCUT2D eigenvalue weighted by Gasteiger charge is -2.32. The van der Waals surface area contributed by atoms with Crippen LogP contribution >= 0.6 is 11.6 Å². The molecule has 0 spiro atoms. The highest BCUT2D eigenvalue weighted by atomic mass is 35.5. The zero-order valence-corrected chi connectivity index (χ0v) is 19.9. The Morgan fingerprint density at radius 1 is 1.17 bits per heavy atom. The predicted octanol–water partition coefficient (Wildman–Crippen LogP) is 5.51. The van der Waals surface area contributed by atoms with Gasteiger partial charge in [0, 0.05) is 23.5 Å². The molecule has 184 valence electrons. The highest BCUT2D eigenvalue weighted by molar-refractivity contribution is 6.30. The predicted molar refractivity (Wildman–Crippen MR) is 130 cm³/mol. The van der Waals surface area contributed by atoms with E-state index < -0.39 is 11.7 Å². The minimum absolute atomic E-state index is 0.0192. The maximum absolute atomic E-state index is 13.6. The third-order valence-electron chi connectivity index (χ3n) is 6.84. The molecule has 0 bridgehead atoms. The van der Waals surface area contributed by atoms with E-state index in [1.165, 1.54) is 12.1 Å². The van der Waals surface area contributed by atoms with E-state index in [9.17, 15) is 18.0 Å². The molecule has 1 fully saturated rings. The Morgan fingerprint density at radius 3 is 2.74 bits per heavy atom. The summed E-state index contributed by atoms with van der Waals surface area (Å²) in [5, 5.41) is 8.57. The van der Waals surface area contributed by atoms with E-state index in [-0.39, 0.29) is 29.1 Å². The maximum atomic E-state index is 13.6. The number of halogens is 4. The molecule has 35 heavy (non-hydrogen) atoms. The third kappa shape index (κ3) is 5.09. The van der Waals surface area contributed by atoms with Gasteiger partial charge in [-0.3, -0.25) is 9.48 Å². The minimum atomic E-state index is -4.50. The standard InChI is InChI=1S/C26H26ClF3N4O/c27-21-7-6-20(22(14-21)26(28,29)30)16-34-24-13-18(4-5-19(24)15-32-34)17-8-11-33(12-9-17)25(35)23-3-1-2-10-31-23/h4-8,13-15,23,31H,1-3,9-12,16H2. The number of carbonyl (C=O) groups is 1. The van der Waals surface area contributed by atoms with Crippen LogP contribution < -0.4 is 5.32 Å². The summed E-state index contributed by atoms with van der Waals surface area (Å²) >= 11 is 5.82. The zero-order chi connectivity index (χ0) is 24.6. The Labute approximate surface area is 206 Å². The fourth-order valence-electron chi connectivity index (χ4n) is 4.92. The van der Waals surface area contributed by atoms with Crippen molar-refractivity contribution in [3.63, 3.8) is 0 Å². The largest absolute Gasteiger partial charge is 0.416 e. The zero-order valence-electron chi connectivity index (χ0n) is 19.1. The van der Waals surface area contributed by atoms with E-state index in [0.29, 0.717) is 13.1 Å². The number of hydrogen-bond acceptors (Lipinski definition) is 3. The number of carbonyl (C=O) groups excluding carboxylic acids is 1. The summed E-state index contributed by atoms with van der Waals surface area (Å²) in [6, 6.07) is 9.65. The second-order valence-electron chi connectivity index (χ2n) is 9.14. The van der Waals surface area contributed by atoms with E-state index in [0.717, 1.165) is 60.3 Å². The molecule has 3 heterocycles. The number of aromatic nitrogens is 2. The molecule has 2 aliphatic heterocycles. The fourth-order valence-corrected chi connectivity index (χ4v) is 5.09. The molecule has 0 saturated carbocycles. The van der Waals surface area contributed by atoms with E-state index in [1.54, 1.807) is 10.9 Å². The van der Waals surface area contributed by atoms with Gasteiger partial charge in [-0.2, -0.15) is 18.3 Å². The lowest BCUT2D eigenvalue weighted by atomic mass is 9.97. The first-order chi connectivity index (χ1) is 16.8. The lowest BCUT2D eigenvalue weighted by Crippen LogP contribution is -2.49. The summed E-state index contributed by atoms with van der Waals surface area (Å²) in [6.07, 6.45) is 3.04. The number of nitrogens with one attached hydrogen (secondary N) is 1. The number of fused-ring (bicyclic) bond motifs is 1. The first-order valence-electron chi connectivity index (χ1n) is 11.8. The summed E-state index contributed by atoms with van der Waals surface area (Å²) in [5.74, 6) is 0.164. The highest BCUT2D eigenvalue weighted by Gasteiger charge is 2.33. The smallest absolute Gasteiger partial charge is 0.337 e. The maximum Gasteiger partial charge on any atom is 0.416 e. The van der Waals surface area contributed by atoms with E-state index in [1.807, 2.05) is 23.1 Å². The Hall–Kier alpha value is -2.84. The molecule has 1 atom stereocenters. The van der Waals surface area contributed by atoms with Crippen molar-refractivity contribution < 1.29 is 18.0 Å². The Balaban J connectivity index is 1.37. The minimum Gasteiger partial charge on any atom is -0.337 e. The molecule has 1 aromatic heterocycles. The fraction of sp³-hybridized carbons (Fsp3) is 0.385. The first-order valence-corrected chi connectivity index (χ1v) is 12.2. The number of alkyl halides is 3. The summed E-state index contributed by atoms with van der Waals surface area (Å²) in [5.41, 5.74) is 2.24. The molecule has 1 unspecified atom stereocenters. The topological polar surface area (TPSA) is 50.2 Å². The summed E-state index contributed by atoms with van der Waals surface area (Å²) in [7, 11) is 0. The van der Waals surface area contributed by atoms with Crippen LogP contribution in [0.3, 0.4) is 0 Å². The van der Waals surface area contributed by atoms with Crippen molar-refractivity contribution in [3.8, 4) is 0 Å². The molecule has 1 N–H and O–H groups in total. The molecular formula is C26H26ClF3N4O. The Morgan fingerprint density at radius 2 is 2.03 bits per heavy atom. The number of hydrogen-bond donors (Lipinski definition) is 1. The molecule has 2 aromatic carbocycles. The first kappa shape index (κ1) is 23.9. The van der Waals surface area contributed by atoms with Crippen LogP contribution in [0.15, 0.2) is 48.7 Å². The van der Waals surface area contributed by atoms with Gasteiger partial charge in [0.25, 0.3) is 0 Å². The molecule has 2 aliphatic rings. The van der Waals surface area contributed by atoms with Gasteiger partial charge in [0.05, 0.1) is 29.9 Å². The van der Waals surface area contributed by atoms with Crippen LogP contribution in [-0.2, 0) is 17.5 Å². The number of benzene rings is 2. The van der Waals surface area contributed by atoms with Gasteiger partial charge in [0.1, 0.15) is 0 Å². The van der Waals surface area contributed by atoms with Crippen LogP contribution in [0.5, 0.6) is 0 Å². The second kappa shape index (κ2) is 9.66. The average Bonchev–Trinajstić information content (AvgIpc) is 3.26. The van der Waals surface area contributed by atoms with Gasteiger partial charge in [-0.05, 0) is 60.7 Å². The van der Waals surface area contributed by atoms with Crippen molar-refractivity contribution in [1.82, 2.24) is 20.0 Å². The molecule has 5 rings (SSSR count). The third-order valence-corrected chi connectivity index (χ3v) is 7.08. The van der Waals surface area contributed by atoms with Crippen molar-refractivity contribution in [2.75, 3.05) is 19.6 Å². The van der Waals surface area contributed by atoms with Gasteiger partial charge in [-0.1, -0.05) is 42.3 Å². The van der Waals surface area contributed by atoms with E-state index in [4.69, 9.17) is 11.6 Å². The van der Waals surface area contributed by atoms with Gasteiger partial charge in [0.2, 0.25) is 5.91 Å². The van der Waals surface area contributed by atoms with Gasteiger partial charge in [-0.15, -0.1) is 0 Å². The van der Waals surface area contributed by atoms with Crippen LogP contribution in [0.2, 0.25) is 5.02 Å². The van der Waals surface area contributed by atoms with Gasteiger partial charge >= 0.3 is 6.18 Å². The van der Waals surface area contributed by atoms with E-state index >= 15 is 0 Å². The van der Waals surface area contributed by atoms with Crippen molar-refractivity contribution in [2.24, 2.45) is 0 Å². The van der Waals surface area contributed by atoms with Crippen molar-refractivity contribution in [1.29, 1.82) is 0 Å². The van der Waals surface area contributed by atoms with E-state index in [2.05, 4.69) is 16.5 Å². The highest BCUT2D eigenvalue weighted by Crippen LogP contribution is 2.35. The van der Waals surface area contributed by atoms with Crippen LogP contribution in [0.1, 0.15) is 42.4 Å². The molecule has 0 aliphatic carbocycles. The Kier molecular flexibility index (Phi) is 6.59. The lowest BCUT2D eigenvalue weighted by molar-refractivity contribution is -0.138. The number of piperidine rings is 1. The van der Waals surface area contributed by atoms with Crippen molar-refractivity contribution in [3.05, 3.63) is 70.4 Å². The van der Waals surface area contributed by atoms with Gasteiger partial charge in [-0.25, -0.2) is 0 Å². The number of amides is 1. The van der Waals surface area contributed by atoms with Crippen LogP contribution in [0.25, 0.3) is 16.5 Å². The Bertz CT molecular complexity index is 1280. The number of rotatable bonds is 4. The van der Waals surface area contributed by atoms with Gasteiger partial charge < -0.3 is 10.2 Å². The second-order valence-corrected chi connectivity index (χ2v) is 9.58. The summed E-state index contributed by atoms with van der Waals surface area (Å²) in [6.45, 7) is 2.08. The molecular weight excluding hydrogens is 477 g/mol. The number of nitrogens with zero attached hydrogens (tertiary/aromatic N) is 3. The molecule has 1 amide bonds. The molecule has 9 heteroatoms. The normalized spacial score (nSPS) is 19.1. The molecule has 5 nitrogen and oxygen atoms in total. The van der Waals surface area contributed by atoms with Crippen LogP contribution in [0.4, 0.5) is 13.2 Å². The molecule has 1 saturated heterocycles. The van der Waals surface area contributed by atoms with Crippen LogP contribution in [0, 0.1) is 0 Å². The summed E-state index contributed by atoms with van der Waals surface area (Å²) in [4.78, 5) is 14.7. The average molecular weight is 503 g/mol. The molecule has 3 aromatic rings. The van der Waals surface area contributed by atoms with Gasteiger partial charge in [0.15, 0.2) is 0 Å². The summed E-state index contributed by atoms with van der Waals surface area (Å²) < 4.78 is 42.3. The van der Waals surface area contributed by atoms with Crippen molar-refractivity contribution in [2.45, 2.75) is 44.4 Å². The SMILES string of the molecule is O=C(C1CCCCN1)N1CC=C(c2ccc3cnn(Cc4ccc(Cl)cc4C(F)(F)F)c3c2)CC1. The molecule has 0 radical (unpaired) electrons. The van der Waals surface area contributed by atoms with Crippen molar-refractivity contribution >= 4 is 34.0 Å². The van der Waals surface area contributed by atoms with Crippen LogP contribution in [-0.4, -0.2) is 46.3 Å². The quantitative estimate of drug-likeness (QED) is 0.511. The monoisotopic (exact) mass is 502 g/mol.